The summed E-state index contributed by atoms with van der Waals surface area (Å²) in [5, 5.41) is 0.943. The summed E-state index contributed by atoms with van der Waals surface area (Å²) in [6.07, 6.45) is -4.65. The highest BCUT2D eigenvalue weighted by atomic mass is 35.5. The third-order valence-corrected chi connectivity index (χ3v) is 3.94. The number of rotatable bonds is 2. The number of aromatic nitrogens is 1. The Balaban J connectivity index is 2.37. The van der Waals surface area contributed by atoms with Crippen LogP contribution in [0.2, 0.25) is 5.02 Å². The summed E-state index contributed by atoms with van der Waals surface area (Å²) in [6, 6.07) is 8.91. The highest BCUT2D eigenvalue weighted by molar-refractivity contribution is 6.35. The lowest BCUT2D eigenvalue weighted by atomic mass is 9.98. The number of para-hydroxylation sites is 1. The van der Waals surface area contributed by atoms with Crippen molar-refractivity contribution in [3.05, 3.63) is 64.4 Å². The fourth-order valence-electron chi connectivity index (χ4n) is 2.55. The molecule has 0 aliphatic carbocycles. The van der Waals surface area contributed by atoms with Gasteiger partial charge in [-0.15, -0.1) is 0 Å². The zero-order chi connectivity index (χ0) is 17.5. The molecule has 24 heavy (non-hydrogen) atoms. The molecule has 3 rings (SSSR count). The molecule has 1 aromatic heterocycles. The van der Waals surface area contributed by atoms with Crippen LogP contribution in [0.25, 0.3) is 22.2 Å². The molecule has 2 nitrogen and oxygen atoms in total. The molecule has 0 aliphatic heterocycles. The van der Waals surface area contributed by atoms with E-state index >= 15 is 0 Å². The molecule has 2 N–H and O–H groups in total. The number of halogens is 5. The summed E-state index contributed by atoms with van der Waals surface area (Å²) in [5.41, 5.74) is 5.02. The fraction of sp³-hybridized carbons (Fsp3) is 0.118. The SMILES string of the molecule is NCc1cc2cccc(Cl)c2nc1-c1cc(F)ccc1C(F)(F)F. The lowest BCUT2D eigenvalue weighted by Gasteiger charge is -2.16. The Morgan fingerprint density at radius 1 is 1.08 bits per heavy atom. The molecule has 0 spiro atoms. The molecule has 0 aliphatic rings. The van der Waals surface area contributed by atoms with Gasteiger partial charge in [0.15, 0.2) is 0 Å². The van der Waals surface area contributed by atoms with Gasteiger partial charge in [-0.1, -0.05) is 23.7 Å². The van der Waals surface area contributed by atoms with Crippen LogP contribution in [-0.2, 0) is 12.7 Å². The molecule has 0 amide bonds. The Bertz CT molecular complexity index is 922. The minimum atomic E-state index is -4.65. The van der Waals surface area contributed by atoms with Crippen LogP contribution in [0.15, 0.2) is 42.5 Å². The smallest absolute Gasteiger partial charge is 0.326 e. The second kappa shape index (κ2) is 6.03. The van der Waals surface area contributed by atoms with Gasteiger partial charge in [0.25, 0.3) is 0 Å². The molecule has 0 saturated heterocycles. The largest absolute Gasteiger partial charge is 0.417 e. The van der Waals surface area contributed by atoms with Gasteiger partial charge >= 0.3 is 6.18 Å². The minimum Gasteiger partial charge on any atom is -0.326 e. The van der Waals surface area contributed by atoms with E-state index in [4.69, 9.17) is 17.3 Å². The predicted molar refractivity (Wildman–Crippen MR) is 85.0 cm³/mol. The number of benzene rings is 2. The van der Waals surface area contributed by atoms with Crippen molar-refractivity contribution >= 4 is 22.5 Å². The first-order valence-corrected chi connectivity index (χ1v) is 7.34. The molecule has 2 aromatic carbocycles. The van der Waals surface area contributed by atoms with Crippen LogP contribution in [0.3, 0.4) is 0 Å². The summed E-state index contributed by atoms with van der Waals surface area (Å²) < 4.78 is 53.5. The number of alkyl halides is 3. The number of hydrogen-bond donors (Lipinski definition) is 1. The van der Waals surface area contributed by atoms with Crippen LogP contribution in [0.1, 0.15) is 11.1 Å². The van der Waals surface area contributed by atoms with E-state index in [1.807, 2.05) is 0 Å². The van der Waals surface area contributed by atoms with Crippen LogP contribution >= 0.6 is 11.6 Å². The van der Waals surface area contributed by atoms with Crippen molar-refractivity contribution < 1.29 is 17.6 Å². The molecule has 1 heterocycles. The Morgan fingerprint density at radius 2 is 1.83 bits per heavy atom. The maximum Gasteiger partial charge on any atom is 0.417 e. The molecule has 3 aromatic rings. The highest BCUT2D eigenvalue weighted by Gasteiger charge is 2.34. The van der Waals surface area contributed by atoms with Gasteiger partial charge in [0.1, 0.15) is 5.82 Å². The molecular weight excluding hydrogens is 344 g/mol. The third kappa shape index (κ3) is 2.95. The van der Waals surface area contributed by atoms with Gasteiger partial charge in [-0.3, -0.25) is 0 Å². The Morgan fingerprint density at radius 3 is 2.50 bits per heavy atom. The maximum atomic E-state index is 13.6. The molecule has 0 radical (unpaired) electrons. The molecule has 0 saturated carbocycles. The van der Waals surface area contributed by atoms with Gasteiger partial charge in [-0.05, 0) is 35.9 Å². The van der Waals surface area contributed by atoms with Crippen molar-refractivity contribution in [3.8, 4) is 11.3 Å². The minimum absolute atomic E-state index is 0.0232. The van der Waals surface area contributed by atoms with Crippen molar-refractivity contribution in [2.45, 2.75) is 12.7 Å². The molecular formula is C17H11ClF4N2. The average molecular weight is 355 g/mol. The summed E-state index contributed by atoms with van der Waals surface area (Å²) in [6.45, 7) is -0.0431. The molecule has 0 atom stereocenters. The second-order valence-corrected chi connectivity index (χ2v) is 5.61. The first kappa shape index (κ1) is 16.7. The van der Waals surface area contributed by atoms with Gasteiger partial charge in [-0.25, -0.2) is 9.37 Å². The summed E-state index contributed by atoms with van der Waals surface area (Å²) >= 11 is 6.08. The van der Waals surface area contributed by atoms with E-state index in [0.717, 1.165) is 12.1 Å². The van der Waals surface area contributed by atoms with Crippen LogP contribution in [0.4, 0.5) is 17.6 Å². The Labute approximate surface area is 139 Å². The highest BCUT2D eigenvalue weighted by Crippen LogP contribution is 2.39. The molecule has 0 fully saturated rings. The molecule has 7 heteroatoms. The van der Waals surface area contributed by atoms with Crippen molar-refractivity contribution in [2.75, 3.05) is 0 Å². The number of nitrogens with zero attached hydrogens (tertiary/aromatic N) is 1. The van der Waals surface area contributed by atoms with Crippen molar-refractivity contribution in [1.29, 1.82) is 0 Å². The number of nitrogens with two attached hydrogens (primary N) is 1. The average Bonchev–Trinajstić information content (AvgIpc) is 2.53. The maximum absolute atomic E-state index is 13.6. The Kier molecular flexibility index (Phi) is 4.19. The molecule has 124 valence electrons. The second-order valence-electron chi connectivity index (χ2n) is 5.20. The quantitative estimate of drug-likeness (QED) is 0.645. The van der Waals surface area contributed by atoms with Gasteiger partial charge < -0.3 is 5.73 Å². The van der Waals surface area contributed by atoms with Crippen LogP contribution in [-0.4, -0.2) is 4.98 Å². The van der Waals surface area contributed by atoms with Gasteiger partial charge in [-0.2, -0.15) is 13.2 Å². The van der Waals surface area contributed by atoms with Gasteiger partial charge in [0.05, 0.1) is 21.8 Å². The van der Waals surface area contributed by atoms with Crippen LogP contribution in [0, 0.1) is 5.82 Å². The van der Waals surface area contributed by atoms with Crippen molar-refractivity contribution in [1.82, 2.24) is 4.98 Å². The molecule has 0 unspecified atom stereocenters. The topological polar surface area (TPSA) is 38.9 Å². The normalized spacial score (nSPS) is 11.9. The lowest BCUT2D eigenvalue weighted by molar-refractivity contribution is -0.137. The third-order valence-electron chi connectivity index (χ3n) is 3.64. The van der Waals surface area contributed by atoms with Crippen molar-refractivity contribution in [2.24, 2.45) is 5.73 Å². The standard InChI is InChI=1S/C17H11ClF4N2/c18-14-3-1-2-9-6-10(8-23)15(24-16(9)14)12-7-11(19)4-5-13(12)17(20,21)22/h1-7H,8,23H2. The molecule has 0 bridgehead atoms. The van der Waals surface area contributed by atoms with E-state index < -0.39 is 17.6 Å². The lowest BCUT2D eigenvalue weighted by Crippen LogP contribution is -2.10. The van der Waals surface area contributed by atoms with E-state index in [9.17, 15) is 17.6 Å². The number of fused-ring (bicyclic) bond motifs is 1. The number of hydrogen-bond acceptors (Lipinski definition) is 2. The zero-order valence-electron chi connectivity index (χ0n) is 12.2. The first-order valence-electron chi connectivity index (χ1n) is 6.96. The summed E-state index contributed by atoms with van der Waals surface area (Å²) in [7, 11) is 0. The summed E-state index contributed by atoms with van der Waals surface area (Å²) in [5.74, 6) is -0.790. The van der Waals surface area contributed by atoms with Crippen molar-refractivity contribution in [3.63, 3.8) is 0 Å². The van der Waals surface area contributed by atoms with Crippen LogP contribution in [0.5, 0.6) is 0 Å². The van der Waals surface area contributed by atoms with E-state index in [1.54, 1.807) is 24.3 Å². The van der Waals surface area contributed by atoms with E-state index in [2.05, 4.69) is 4.98 Å². The predicted octanol–water partition coefficient (Wildman–Crippen LogP) is 5.17. The van der Waals surface area contributed by atoms with E-state index in [0.29, 0.717) is 27.6 Å². The Hall–Kier alpha value is -2.18. The van der Waals surface area contributed by atoms with E-state index in [-0.39, 0.29) is 17.8 Å². The zero-order valence-corrected chi connectivity index (χ0v) is 12.9. The van der Waals surface area contributed by atoms with Gasteiger partial charge in [0, 0.05) is 17.5 Å². The van der Waals surface area contributed by atoms with E-state index in [1.165, 1.54) is 0 Å². The fourth-order valence-corrected chi connectivity index (χ4v) is 2.78. The van der Waals surface area contributed by atoms with Crippen LogP contribution < -0.4 is 5.73 Å². The van der Waals surface area contributed by atoms with Gasteiger partial charge in [0.2, 0.25) is 0 Å². The monoisotopic (exact) mass is 354 g/mol. The summed E-state index contributed by atoms with van der Waals surface area (Å²) in [4.78, 5) is 4.25. The first-order chi connectivity index (χ1) is 11.3. The number of pyridine rings is 1.